The molecule has 3 aromatic carbocycles. The summed E-state index contributed by atoms with van der Waals surface area (Å²) in [5, 5.41) is 15.2. The van der Waals surface area contributed by atoms with Gasteiger partial charge in [-0.2, -0.15) is 0 Å². The number of hydrogen-bond donors (Lipinski definition) is 1. The number of aliphatic carboxylic acids is 1. The second-order valence-corrected chi connectivity index (χ2v) is 10.1. The number of halogens is 4. The molecule has 0 radical (unpaired) electrons. The zero-order valence-electron chi connectivity index (χ0n) is 20.5. The predicted octanol–water partition coefficient (Wildman–Crippen LogP) is 8.03. The van der Waals surface area contributed by atoms with E-state index >= 15 is 0 Å². The largest absolute Gasteiger partial charge is 0.573 e. The summed E-state index contributed by atoms with van der Waals surface area (Å²) in [6, 6.07) is 16.0. The molecule has 0 unspecified atom stereocenters. The molecule has 5 rings (SSSR count). The number of rotatable bonds is 8. The van der Waals surface area contributed by atoms with Gasteiger partial charge >= 0.3 is 12.3 Å². The fourth-order valence-electron chi connectivity index (χ4n) is 4.23. The number of carboxylic acids is 1. The molecular weight excluding hydrogens is 557 g/mol. The first kappa shape index (κ1) is 26.8. The first-order valence-corrected chi connectivity index (χ1v) is 12.9. The van der Waals surface area contributed by atoms with Gasteiger partial charge in [0.1, 0.15) is 11.5 Å². The molecule has 5 aromatic rings. The Morgan fingerprint density at radius 1 is 1.13 bits per heavy atom. The smallest absolute Gasteiger partial charge is 0.479 e. The van der Waals surface area contributed by atoms with E-state index in [1.807, 2.05) is 6.92 Å². The second-order valence-electron chi connectivity index (χ2n) is 8.55. The molecule has 0 saturated heterocycles. The minimum absolute atomic E-state index is 0.276. The molecular formula is C27H20ClF3N2O5S. The van der Waals surface area contributed by atoms with Crippen LogP contribution in [0, 0.1) is 6.92 Å². The molecule has 2 heterocycles. The van der Waals surface area contributed by atoms with E-state index in [9.17, 15) is 23.1 Å². The van der Waals surface area contributed by atoms with Gasteiger partial charge in [0.25, 0.3) is 0 Å². The quantitative estimate of drug-likeness (QED) is 0.200. The number of fused-ring (bicyclic) bond motifs is 2. The third-order valence-corrected chi connectivity index (χ3v) is 7.37. The molecule has 1 N–H and O–H groups in total. The summed E-state index contributed by atoms with van der Waals surface area (Å²) in [6.07, 6.45) is -5.59. The highest BCUT2D eigenvalue weighted by Gasteiger charge is 2.32. The van der Waals surface area contributed by atoms with Crippen LogP contribution in [0.5, 0.6) is 11.5 Å². The molecule has 12 heteroatoms. The molecule has 2 aromatic heterocycles. The maximum atomic E-state index is 13.0. The Kier molecular flexibility index (Phi) is 7.13. The van der Waals surface area contributed by atoms with Crippen molar-refractivity contribution in [3.8, 4) is 17.3 Å². The zero-order valence-corrected chi connectivity index (χ0v) is 22.0. The predicted molar refractivity (Wildman–Crippen MR) is 140 cm³/mol. The van der Waals surface area contributed by atoms with Gasteiger partial charge < -0.3 is 19.1 Å². The minimum Gasteiger partial charge on any atom is -0.479 e. The summed E-state index contributed by atoms with van der Waals surface area (Å²) in [4.78, 5) is 12.7. The Hall–Kier alpha value is -3.83. The van der Waals surface area contributed by atoms with Crippen LogP contribution in [0.4, 0.5) is 13.2 Å². The first-order chi connectivity index (χ1) is 18.5. The average molecular weight is 577 g/mol. The number of aromatic nitrogens is 2. The van der Waals surface area contributed by atoms with E-state index in [0.29, 0.717) is 53.9 Å². The molecule has 0 amide bonds. The maximum Gasteiger partial charge on any atom is 0.573 e. The highest BCUT2D eigenvalue weighted by atomic mass is 35.5. The van der Waals surface area contributed by atoms with Gasteiger partial charge in [-0.05, 0) is 61.9 Å². The SMILES string of the molecule is CC[C@@H](Oc1cccc(Sc2c(C)n(-c3noc4cc(Cl)ccc34)c3ccc(OC(F)(F)F)cc23)c1)C(=O)O. The lowest BCUT2D eigenvalue weighted by Gasteiger charge is -2.14. The Bertz CT molecular complexity index is 1700. The highest BCUT2D eigenvalue weighted by molar-refractivity contribution is 7.99. The van der Waals surface area contributed by atoms with Crippen LogP contribution in [-0.4, -0.2) is 33.3 Å². The van der Waals surface area contributed by atoms with Crippen LogP contribution >= 0.6 is 23.4 Å². The highest BCUT2D eigenvalue weighted by Crippen LogP contribution is 2.43. The fraction of sp³-hybridized carbons (Fsp3) is 0.185. The van der Waals surface area contributed by atoms with Gasteiger partial charge in [0.05, 0.1) is 10.9 Å². The van der Waals surface area contributed by atoms with Crippen molar-refractivity contribution in [3.05, 3.63) is 71.4 Å². The fourth-order valence-corrected chi connectivity index (χ4v) is 5.46. The van der Waals surface area contributed by atoms with E-state index in [4.69, 9.17) is 20.9 Å². The monoisotopic (exact) mass is 576 g/mol. The minimum atomic E-state index is -4.86. The summed E-state index contributed by atoms with van der Waals surface area (Å²) < 4.78 is 56.2. The number of ether oxygens (including phenoxy) is 2. The number of alkyl halides is 3. The van der Waals surface area contributed by atoms with Crippen molar-refractivity contribution in [1.29, 1.82) is 0 Å². The molecule has 0 fully saturated rings. The number of carbonyl (C=O) groups is 1. The first-order valence-electron chi connectivity index (χ1n) is 11.7. The van der Waals surface area contributed by atoms with Crippen LogP contribution < -0.4 is 9.47 Å². The lowest BCUT2D eigenvalue weighted by Crippen LogP contribution is -2.25. The number of carboxylic acid groups (broad SMARTS) is 1. The van der Waals surface area contributed by atoms with Gasteiger partial charge in [-0.25, -0.2) is 4.79 Å². The van der Waals surface area contributed by atoms with Gasteiger partial charge in [0.2, 0.25) is 0 Å². The Balaban J connectivity index is 1.64. The van der Waals surface area contributed by atoms with Crippen LogP contribution in [-0.2, 0) is 4.79 Å². The van der Waals surface area contributed by atoms with E-state index in [1.54, 1.807) is 54.0 Å². The van der Waals surface area contributed by atoms with Crippen molar-refractivity contribution < 1.29 is 37.1 Å². The van der Waals surface area contributed by atoms with Crippen molar-refractivity contribution in [2.75, 3.05) is 0 Å². The Morgan fingerprint density at radius 3 is 2.64 bits per heavy atom. The van der Waals surface area contributed by atoms with Gasteiger partial charge in [-0.15, -0.1) is 13.2 Å². The number of hydrogen-bond acceptors (Lipinski definition) is 6. The molecule has 0 spiro atoms. The summed E-state index contributed by atoms with van der Waals surface area (Å²) in [5.41, 5.74) is 1.73. The number of benzene rings is 3. The Morgan fingerprint density at radius 2 is 1.92 bits per heavy atom. The third-order valence-electron chi connectivity index (χ3n) is 5.93. The summed E-state index contributed by atoms with van der Waals surface area (Å²) >= 11 is 7.38. The summed E-state index contributed by atoms with van der Waals surface area (Å²) in [6.45, 7) is 3.53. The van der Waals surface area contributed by atoms with Crippen LogP contribution in [0.2, 0.25) is 5.02 Å². The van der Waals surface area contributed by atoms with E-state index < -0.39 is 18.4 Å². The van der Waals surface area contributed by atoms with E-state index in [1.165, 1.54) is 30.0 Å². The molecule has 202 valence electrons. The standard InChI is InChI=1S/C27H20ClF3N2O5S/c1-3-22(26(34)35)36-16-5-4-6-18(12-16)39-24-14(2)33(25-19-9-7-15(28)11-23(19)38-32-25)21-10-8-17(13-20(21)24)37-27(29,30)31/h4-13,22H,3H2,1-2H3,(H,34,35)/t22-/m1/s1. The topological polar surface area (TPSA) is 86.7 Å². The van der Waals surface area contributed by atoms with Crippen molar-refractivity contribution in [2.45, 2.75) is 42.5 Å². The average Bonchev–Trinajstić information content (AvgIpc) is 3.39. The van der Waals surface area contributed by atoms with Gasteiger partial charge in [0.15, 0.2) is 17.5 Å². The molecule has 0 aliphatic heterocycles. The van der Waals surface area contributed by atoms with Crippen LogP contribution in [0.15, 0.2) is 75.0 Å². The van der Waals surface area contributed by atoms with Gasteiger partial charge in [-0.3, -0.25) is 4.57 Å². The van der Waals surface area contributed by atoms with Crippen LogP contribution in [0.25, 0.3) is 27.7 Å². The zero-order chi connectivity index (χ0) is 27.9. The van der Waals surface area contributed by atoms with Gasteiger partial charge in [0, 0.05) is 32.0 Å². The normalized spacial score (nSPS) is 12.7. The van der Waals surface area contributed by atoms with E-state index in [-0.39, 0.29) is 12.2 Å². The Labute approximate surface area is 229 Å². The van der Waals surface area contributed by atoms with Crippen LogP contribution in [0.1, 0.15) is 19.0 Å². The van der Waals surface area contributed by atoms with Crippen molar-refractivity contribution in [2.24, 2.45) is 0 Å². The molecule has 0 aliphatic rings. The lowest BCUT2D eigenvalue weighted by molar-refractivity contribution is -0.274. The molecule has 7 nitrogen and oxygen atoms in total. The molecule has 1 atom stereocenters. The van der Waals surface area contributed by atoms with Gasteiger partial charge in [-0.1, -0.05) is 41.5 Å². The maximum absolute atomic E-state index is 13.0. The molecule has 39 heavy (non-hydrogen) atoms. The van der Waals surface area contributed by atoms with Crippen molar-refractivity contribution >= 4 is 51.2 Å². The summed E-state index contributed by atoms with van der Waals surface area (Å²) in [5.74, 6) is -0.635. The van der Waals surface area contributed by atoms with Crippen molar-refractivity contribution in [1.82, 2.24) is 9.72 Å². The summed E-state index contributed by atoms with van der Waals surface area (Å²) in [7, 11) is 0. The third kappa shape index (κ3) is 5.50. The number of nitrogens with zero attached hydrogens (tertiary/aromatic N) is 2. The van der Waals surface area contributed by atoms with Crippen LogP contribution in [0.3, 0.4) is 0 Å². The lowest BCUT2D eigenvalue weighted by atomic mass is 10.2. The molecule has 0 bridgehead atoms. The molecule has 0 aliphatic carbocycles. The molecule has 0 saturated carbocycles. The van der Waals surface area contributed by atoms with E-state index in [2.05, 4.69) is 9.89 Å². The van der Waals surface area contributed by atoms with Crippen molar-refractivity contribution in [3.63, 3.8) is 0 Å². The second kappa shape index (κ2) is 10.4. The van der Waals surface area contributed by atoms with E-state index in [0.717, 1.165) is 0 Å².